The Hall–Kier alpha value is 1.26. The monoisotopic (exact) mass is 110 g/mol. The van der Waals surface area contributed by atoms with Crippen LogP contribution in [0.1, 0.15) is 19.3 Å². The molecular formula is C5H10Ca. The van der Waals surface area contributed by atoms with Crippen LogP contribution in [-0.2, 0) is 0 Å². The maximum atomic E-state index is 3.64. The van der Waals surface area contributed by atoms with Gasteiger partial charge in [-0.25, -0.2) is 0 Å². The molecule has 0 fully saturated rings. The molecule has 0 aliphatic heterocycles. The van der Waals surface area contributed by atoms with Gasteiger partial charge in [0.15, 0.2) is 0 Å². The van der Waals surface area contributed by atoms with Crippen molar-refractivity contribution in [2.24, 2.45) is 0 Å². The van der Waals surface area contributed by atoms with Crippen LogP contribution in [0.25, 0.3) is 0 Å². The molecular weight excluding hydrogens is 100 g/mol. The first-order valence-corrected chi connectivity index (χ1v) is 2.00. The van der Waals surface area contributed by atoms with Gasteiger partial charge in [-0.15, -0.1) is 6.42 Å². The third-order valence-corrected chi connectivity index (χ3v) is 0.500. The fourth-order valence-electron chi connectivity index (χ4n) is 0.177. The van der Waals surface area contributed by atoms with Gasteiger partial charge in [0.25, 0.3) is 0 Å². The Morgan fingerprint density at radius 3 is 1.33 bits per heavy atom. The zero-order chi connectivity index (χ0) is 4.12. The van der Waals surface area contributed by atoms with E-state index in [-0.39, 0.29) is 37.7 Å². The largest absolute Gasteiger partial charge is 2.00 e. The molecule has 0 nitrogen and oxygen atoms in total. The van der Waals surface area contributed by atoms with Gasteiger partial charge < -0.3 is 13.8 Å². The summed E-state index contributed by atoms with van der Waals surface area (Å²) in [4.78, 5) is 0. The molecule has 0 rings (SSSR count). The zero-order valence-corrected chi connectivity index (χ0v) is 6.45. The molecule has 0 aromatic rings. The minimum absolute atomic E-state index is 0. The first-order valence-electron chi connectivity index (χ1n) is 2.00. The third kappa shape index (κ3) is 8.98. The van der Waals surface area contributed by atoms with Crippen molar-refractivity contribution in [3.05, 3.63) is 13.8 Å². The summed E-state index contributed by atoms with van der Waals surface area (Å²) in [7, 11) is 0. The molecule has 0 radical (unpaired) electrons. The minimum Gasteiger partial charge on any atom is -0.343 e. The number of hydrogen-bond acceptors (Lipinski definition) is 0. The molecule has 0 bridgehead atoms. The van der Waals surface area contributed by atoms with Gasteiger partial charge in [-0.05, 0) is 0 Å². The number of unbranched alkanes of at least 4 members (excludes halogenated alkanes) is 2. The predicted octanol–water partition coefficient (Wildman–Crippen LogP) is 1.44. The van der Waals surface area contributed by atoms with Gasteiger partial charge in [0.2, 0.25) is 0 Å². The Bertz CT molecular complexity index is 11.4. The fourth-order valence-corrected chi connectivity index (χ4v) is 0.177. The Balaban J connectivity index is 0. The van der Waals surface area contributed by atoms with Gasteiger partial charge in [0, 0.05) is 0 Å². The summed E-state index contributed by atoms with van der Waals surface area (Å²) in [6.45, 7) is 7.27. The molecule has 6 heavy (non-hydrogen) atoms. The Morgan fingerprint density at radius 2 is 1.33 bits per heavy atom. The van der Waals surface area contributed by atoms with Gasteiger partial charge in [0.05, 0.1) is 0 Å². The van der Waals surface area contributed by atoms with E-state index in [1.807, 2.05) is 0 Å². The van der Waals surface area contributed by atoms with Gasteiger partial charge in [-0.3, -0.25) is 0 Å². The zero-order valence-electron chi connectivity index (χ0n) is 4.24. The molecule has 0 saturated carbocycles. The summed E-state index contributed by atoms with van der Waals surface area (Å²) in [5.41, 5.74) is 0. The van der Waals surface area contributed by atoms with E-state index in [4.69, 9.17) is 0 Å². The maximum Gasteiger partial charge on any atom is 2.00 e. The van der Waals surface area contributed by atoms with Crippen molar-refractivity contribution < 1.29 is 0 Å². The van der Waals surface area contributed by atoms with Gasteiger partial charge in [0.1, 0.15) is 0 Å². The third-order valence-electron chi connectivity index (χ3n) is 0.500. The maximum absolute atomic E-state index is 3.64. The molecule has 0 unspecified atom stereocenters. The summed E-state index contributed by atoms with van der Waals surface area (Å²) in [6, 6.07) is 0. The average molecular weight is 110 g/mol. The van der Waals surface area contributed by atoms with Crippen LogP contribution in [-0.4, -0.2) is 37.7 Å². The van der Waals surface area contributed by atoms with Crippen molar-refractivity contribution in [3.8, 4) is 0 Å². The molecule has 0 atom stereocenters. The molecule has 0 spiro atoms. The summed E-state index contributed by atoms with van der Waals surface area (Å²) in [5, 5.41) is 0. The van der Waals surface area contributed by atoms with Crippen LogP contribution in [0.2, 0.25) is 0 Å². The standard InChI is InChI=1S/C5H10.Ca/c1-3-5-4-2;/h1-5H2;/q-2;+2. The number of hydrogen-bond donors (Lipinski definition) is 0. The van der Waals surface area contributed by atoms with Crippen LogP contribution >= 0.6 is 0 Å². The predicted molar refractivity (Wildman–Crippen MR) is 30.3 cm³/mol. The quantitative estimate of drug-likeness (QED) is 0.373. The van der Waals surface area contributed by atoms with Crippen LogP contribution in [0, 0.1) is 13.8 Å². The van der Waals surface area contributed by atoms with Crippen molar-refractivity contribution in [1.29, 1.82) is 0 Å². The van der Waals surface area contributed by atoms with Crippen molar-refractivity contribution in [3.63, 3.8) is 0 Å². The molecule has 0 amide bonds. The summed E-state index contributed by atoms with van der Waals surface area (Å²) < 4.78 is 0. The van der Waals surface area contributed by atoms with Crippen LogP contribution < -0.4 is 0 Å². The second-order valence-corrected chi connectivity index (χ2v) is 1.06. The van der Waals surface area contributed by atoms with Crippen LogP contribution in [0.4, 0.5) is 0 Å². The van der Waals surface area contributed by atoms with E-state index in [1.54, 1.807) is 0 Å². The molecule has 1 heteroatoms. The van der Waals surface area contributed by atoms with E-state index < -0.39 is 0 Å². The van der Waals surface area contributed by atoms with Gasteiger partial charge >= 0.3 is 37.7 Å². The van der Waals surface area contributed by atoms with Crippen LogP contribution in [0.15, 0.2) is 0 Å². The molecule has 0 N–H and O–H groups in total. The van der Waals surface area contributed by atoms with Gasteiger partial charge in [-0.1, -0.05) is 0 Å². The van der Waals surface area contributed by atoms with E-state index in [9.17, 15) is 0 Å². The molecule has 0 aliphatic carbocycles. The number of rotatable bonds is 2. The van der Waals surface area contributed by atoms with E-state index in [1.165, 1.54) is 6.42 Å². The second-order valence-electron chi connectivity index (χ2n) is 1.06. The topological polar surface area (TPSA) is 0 Å². The van der Waals surface area contributed by atoms with E-state index >= 15 is 0 Å². The average Bonchev–Trinajstić information content (AvgIpc) is 1.41. The minimum atomic E-state index is 0. The molecule has 0 aromatic heterocycles. The second kappa shape index (κ2) is 9.54. The Labute approximate surface area is 70.3 Å². The normalized spacial score (nSPS) is 7.00. The van der Waals surface area contributed by atoms with Crippen molar-refractivity contribution in [1.82, 2.24) is 0 Å². The van der Waals surface area contributed by atoms with E-state index in [0.29, 0.717) is 0 Å². The SMILES string of the molecule is [CH2-]CCC[CH2-].[Ca+2]. The van der Waals surface area contributed by atoms with Crippen molar-refractivity contribution >= 4 is 37.7 Å². The molecule has 0 saturated heterocycles. The van der Waals surface area contributed by atoms with Crippen molar-refractivity contribution in [2.75, 3.05) is 0 Å². The smallest absolute Gasteiger partial charge is 0.343 e. The van der Waals surface area contributed by atoms with Gasteiger partial charge in [-0.2, -0.15) is 12.8 Å². The summed E-state index contributed by atoms with van der Waals surface area (Å²) in [5.74, 6) is 0. The van der Waals surface area contributed by atoms with E-state index in [0.717, 1.165) is 12.8 Å². The van der Waals surface area contributed by atoms with E-state index in [2.05, 4.69) is 13.8 Å². The summed E-state index contributed by atoms with van der Waals surface area (Å²) >= 11 is 0. The Morgan fingerprint density at radius 1 is 1.00 bits per heavy atom. The first-order chi connectivity index (χ1) is 2.41. The van der Waals surface area contributed by atoms with Crippen LogP contribution in [0.5, 0.6) is 0 Å². The molecule has 0 aliphatic rings. The van der Waals surface area contributed by atoms with Crippen LogP contribution in [0.3, 0.4) is 0 Å². The molecule has 32 valence electrons. The Kier molecular flexibility index (Phi) is 16.4. The molecule has 0 aromatic carbocycles. The molecule has 0 heterocycles. The summed E-state index contributed by atoms with van der Waals surface area (Å²) in [6.07, 6.45) is 3.23. The fraction of sp³-hybridized carbons (Fsp3) is 0.600. The first kappa shape index (κ1) is 10.3. The van der Waals surface area contributed by atoms with Crippen molar-refractivity contribution in [2.45, 2.75) is 19.3 Å².